The largest absolute Gasteiger partial charge is 0.332 e. The summed E-state index contributed by atoms with van der Waals surface area (Å²) in [5, 5.41) is 2.60. The van der Waals surface area contributed by atoms with Gasteiger partial charge in [-0.3, -0.25) is 4.79 Å². The molecule has 1 rings (SSSR count). The summed E-state index contributed by atoms with van der Waals surface area (Å²) < 4.78 is 0. The van der Waals surface area contributed by atoms with E-state index in [1.165, 1.54) is 0 Å². The van der Waals surface area contributed by atoms with Crippen molar-refractivity contribution in [3.63, 3.8) is 0 Å². The zero-order chi connectivity index (χ0) is 5.98. The zero-order valence-corrected chi connectivity index (χ0v) is 5.42. The van der Waals surface area contributed by atoms with E-state index in [0.717, 1.165) is 4.91 Å². The Kier molecular flexibility index (Phi) is 1.58. The second-order valence-corrected chi connectivity index (χ2v) is 2.49. The summed E-state index contributed by atoms with van der Waals surface area (Å²) >= 11 is 1.61. The lowest BCUT2D eigenvalue weighted by Gasteiger charge is -1.85. The Bertz CT molecular complexity index is 141. The summed E-state index contributed by atoms with van der Waals surface area (Å²) in [7, 11) is 0. The Balaban J connectivity index is 2.49. The second-order valence-electron chi connectivity index (χ2n) is 1.56. The third kappa shape index (κ3) is 1.04. The first-order chi connectivity index (χ1) is 3.83. The van der Waals surface area contributed by atoms with Gasteiger partial charge in [-0.15, -0.1) is 11.8 Å². The lowest BCUT2D eigenvalue weighted by atomic mass is 10.5. The fourth-order valence-electron chi connectivity index (χ4n) is 0.552. The molecule has 0 bridgehead atoms. The van der Waals surface area contributed by atoms with Gasteiger partial charge in [-0.05, 0) is 6.26 Å². The minimum atomic E-state index is 0.106. The van der Waals surface area contributed by atoms with Crippen molar-refractivity contribution in [2.75, 3.05) is 6.26 Å². The fourth-order valence-corrected chi connectivity index (χ4v) is 1.00. The molecule has 0 spiro atoms. The van der Waals surface area contributed by atoms with Crippen molar-refractivity contribution in [1.29, 1.82) is 0 Å². The molecule has 44 valence electrons. The number of hydrogen-bond donors (Lipinski definition) is 1. The van der Waals surface area contributed by atoms with Crippen molar-refractivity contribution < 1.29 is 4.79 Å². The third-order valence-electron chi connectivity index (χ3n) is 0.991. The monoisotopic (exact) mass is 129 g/mol. The highest BCUT2D eigenvalue weighted by Gasteiger charge is 2.09. The molecule has 1 N–H and O–H groups in total. The molecule has 0 atom stereocenters. The van der Waals surface area contributed by atoms with Crippen LogP contribution in [0.4, 0.5) is 0 Å². The summed E-state index contributed by atoms with van der Waals surface area (Å²) in [4.78, 5) is 11.6. The Morgan fingerprint density at radius 3 is 2.88 bits per heavy atom. The van der Waals surface area contributed by atoms with E-state index in [4.69, 9.17) is 0 Å². The number of nitrogens with one attached hydrogen (secondary N) is 1. The predicted octanol–water partition coefficient (Wildman–Crippen LogP) is 0.711. The molecule has 8 heavy (non-hydrogen) atoms. The molecule has 1 heterocycles. The molecule has 0 aromatic rings. The minimum absolute atomic E-state index is 0.106. The Morgan fingerprint density at radius 2 is 2.62 bits per heavy atom. The van der Waals surface area contributed by atoms with Gasteiger partial charge in [-0.2, -0.15) is 0 Å². The van der Waals surface area contributed by atoms with Crippen molar-refractivity contribution in [3.8, 4) is 0 Å². The van der Waals surface area contributed by atoms with Crippen LogP contribution in [-0.2, 0) is 4.79 Å². The lowest BCUT2D eigenvalue weighted by Crippen LogP contribution is -2.08. The molecule has 0 saturated carbocycles. The van der Waals surface area contributed by atoms with E-state index in [0.29, 0.717) is 6.42 Å². The molecular formula is C5H7NOS. The van der Waals surface area contributed by atoms with Gasteiger partial charge in [0.05, 0.1) is 6.42 Å². The van der Waals surface area contributed by atoms with E-state index in [2.05, 4.69) is 5.32 Å². The molecule has 0 aromatic carbocycles. The maximum Gasteiger partial charge on any atom is 0.228 e. The minimum Gasteiger partial charge on any atom is -0.332 e. The smallest absolute Gasteiger partial charge is 0.228 e. The molecule has 0 aliphatic carbocycles. The average Bonchev–Trinajstić information content (AvgIpc) is 2.14. The average molecular weight is 129 g/mol. The molecule has 1 aliphatic heterocycles. The van der Waals surface area contributed by atoms with Crippen LogP contribution in [0.1, 0.15) is 6.42 Å². The Morgan fingerprint density at radius 1 is 1.88 bits per heavy atom. The third-order valence-corrected chi connectivity index (χ3v) is 1.78. The summed E-state index contributed by atoms with van der Waals surface area (Å²) in [5.41, 5.74) is 0. The number of carbonyl (C=O) groups excluding carboxylic acids is 1. The molecule has 1 amide bonds. The van der Waals surface area contributed by atoms with Crippen LogP contribution < -0.4 is 5.32 Å². The molecular weight excluding hydrogens is 122 g/mol. The maximum atomic E-state index is 10.4. The van der Waals surface area contributed by atoms with Gasteiger partial charge in [0.25, 0.3) is 0 Å². The van der Waals surface area contributed by atoms with Crippen molar-refractivity contribution in [1.82, 2.24) is 5.32 Å². The van der Waals surface area contributed by atoms with Crippen LogP contribution in [0, 0.1) is 0 Å². The fraction of sp³-hybridized carbons (Fsp3) is 0.400. The molecule has 0 aromatic heterocycles. The number of hydrogen-bond acceptors (Lipinski definition) is 2. The maximum absolute atomic E-state index is 10.4. The van der Waals surface area contributed by atoms with Gasteiger partial charge in [-0.1, -0.05) is 0 Å². The van der Waals surface area contributed by atoms with Gasteiger partial charge in [-0.25, -0.2) is 0 Å². The van der Waals surface area contributed by atoms with Crippen molar-refractivity contribution in [3.05, 3.63) is 11.1 Å². The SMILES string of the molecule is CSC1=CNC(=O)C1. The molecule has 0 radical (unpaired) electrons. The van der Waals surface area contributed by atoms with Crippen molar-refractivity contribution in [2.24, 2.45) is 0 Å². The molecule has 0 unspecified atom stereocenters. The predicted molar refractivity (Wildman–Crippen MR) is 34.4 cm³/mol. The molecule has 3 heteroatoms. The number of thioether (sulfide) groups is 1. The van der Waals surface area contributed by atoms with E-state index in [-0.39, 0.29) is 5.91 Å². The highest BCUT2D eigenvalue weighted by Crippen LogP contribution is 2.17. The van der Waals surface area contributed by atoms with Crippen LogP contribution in [0.25, 0.3) is 0 Å². The first-order valence-corrected chi connectivity index (χ1v) is 3.58. The van der Waals surface area contributed by atoms with Gasteiger partial charge in [0.2, 0.25) is 5.91 Å². The van der Waals surface area contributed by atoms with Crippen LogP contribution in [0.3, 0.4) is 0 Å². The van der Waals surface area contributed by atoms with Crippen LogP contribution in [0.2, 0.25) is 0 Å². The summed E-state index contributed by atoms with van der Waals surface area (Å²) in [5.74, 6) is 0.106. The molecule has 1 aliphatic rings. The zero-order valence-electron chi connectivity index (χ0n) is 4.60. The first-order valence-electron chi connectivity index (χ1n) is 2.35. The van der Waals surface area contributed by atoms with Crippen molar-refractivity contribution >= 4 is 17.7 Å². The second kappa shape index (κ2) is 2.22. The molecule has 0 fully saturated rings. The number of amides is 1. The van der Waals surface area contributed by atoms with E-state index >= 15 is 0 Å². The quantitative estimate of drug-likeness (QED) is 0.565. The van der Waals surface area contributed by atoms with Crippen LogP contribution in [-0.4, -0.2) is 12.2 Å². The number of carbonyl (C=O) groups is 1. The normalized spacial score (nSPS) is 18.1. The summed E-state index contributed by atoms with van der Waals surface area (Å²) in [6.07, 6.45) is 4.29. The van der Waals surface area contributed by atoms with Gasteiger partial charge < -0.3 is 5.32 Å². The Hall–Kier alpha value is -0.440. The lowest BCUT2D eigenvalue weighted by molar-refractivity contribution is -0.118. The summed E-state index contributed by atoms with van der Waals surface area (Å²) in [6.45, 7) is 0. The Labute approximate surface area is 52.3 Å². The van der Waals surface area contributed by atoms with Gasteiger partial charge in [0.1, 0.15) is 0 Å². The van der Waals surface area contributed by atoms with E-state index < -0.39 is 0 Å². The highest BCUT2D eigenvalue weighted by molar-refractivity contribution is 8.02. The van der Waals surface area contributed by atoms with Crippen LogP contribution in [0.5, 0.6) is 0 Å². The van der Waals surface area contributed by atoms with Crippen LogP contribution >= 0.6 is 11.8 Å². The van der Waals surface area contributed by atoms with Gasteiger partial charge in [0, 0.05) is 11.1 Å². The molecule has 2 nitrogen and oxygen atoms in total. The van der Waals surface area contributed by atoms with E-state index in [1.54, 1.807) is 18.0 Å². The van der Waals surface area contributed by atoms with E-state index in [1.807, 2.05) is 6.26 Å². The van der Waals surface area contributed by atoms with Crippen LogP contribution in [0.15, 0.2) is 11.1 Å². The topological polar surface area (TPSA) is 29.1 Å². The first kappa shape index (κ1) is 5.69. The van der Waals surface area contributed by atoms with E-state index in [9.17, 15) is 4.79 Å². The van der Waals surface area contributed by atoms with Crippen molar-refractivity contribution in [2.45, 2.75) is 6.42 Å². The standard InChI is InChI=1S/C5H7NOS/c1-8-4-2-5(7)6-3-4/h3H,2H2,1H3,(H,6,7). The van der Waals surface area contributed by atoms with Gasteiger partial charge >= 0.3 is 0 Å². The molecule has 0 saturated heterocycles. The number of rotatable bonds is 1. The summed E-state index contributed by atoms with van der Waals surface area (Å²) in [6, 6.07) is 0. The highest BCUT2D eigenvalue weighted by atomic mass is 32.2. The van der Waals surface area contributed by atoms with Gasteiger partial charge in [0.15, 0.2) is 0 Å².